The van der Waals surface area contributed by atoms with Gasteiger partial charge in [0.1, 0.15) is 5.75 Å². The van der Waals surface area contributed by atoms with Gasteiger partial charge in [-0.25, -0.2) is 0 Å². The van der Waals surface area contributed by atoms with Crippen molar-refractivity contribution in [2.45, 2.75) is 51.4 Å². The van der Waals surface area contributed by atoms with Gasteiger partial charge in [-0.15, -0.1) is 11.6 Å². The molecule has 0 spiro atoms. The van der Waals surface area contributed by atoms with E-state index >= 15 is 0 Å². The quantitative estimate of drug-likeness (QED) is 0.295. The van der Waals surface area contributed by atoms with E-state index in [9.17, 15) is 0 Å². The van der Waals surface area contributed by atoms with Crippen LogP contribution in [0.2, 0.25) is 0 Å². The van der Waals surface area contributed by atoms with Crippen molar-refractivity contribution in [1.82, 2.24) is 0 Å². The molecule has 130 valence electrons. The normalized spacial score (nSPS) is 10.7. The van der Waals surface area contributed by atoms with E-state index < -0.39 is 0 Å². The molecule has 0 bridgehead atoms. The number of rotatable bonds is 12. The van der Waals surface area contributed by atoms with Gasteiger partial charge in [-0.1, -0.05) is 81.0 Å². The van der Waals surface area contributed by atoms with Gasteiger partial charge in [-0.2, -0.15) is 0 Å². The summed E-state index contributed by atoms with van der Waals surface area (Å²) in [6, 6.07) is 18.8. The van der Waals surface area contributed by atoms with Crippen LogP contribution in [0, 0.1) is 0 Å². The van der Waals surface area contributed by atoms with Crippen molar-refractivity contribution in [3.8, 4) is 16.9 Å². The highest BCUT2D eigenvalue weighted by Crippen LogP contribution is 2.22. The minimum Gasteiger partial charge on any atom is -0.494 e. The zero-order chi connectivity index (χ0) is 16.9. The van der Waals surface area contributed by atoms with Gasteiger partial charge in [0.15, 0.2) is 0 Å². The van der Waals surface area contributed by atoms with Crippen molar-refractivity contribution in [3.05, 3.63) is 54.6 Å². The molecule has 2 rings (SSSR count). The van der Waals surface area contributed by atoms with Gasteiger partial charge in [0.25, 0.3) is 0 Å². The van der Waals surface area contributed by atoms with Crippen molar-refractivity contribution in [2.75, 3.05) is 12.5 Å². The lowest BCUT2D eigenvalue weighted by atomic mass is 10.1. The molecule has 0 amide bonds. The Kier molecular flexibility index (Phi) is 9.41. The van der Waals surface area contributed by atoms with Crippen LogP contribution in [0.3, 0.4) is 0 Å². The van der Waals surface area contributed by atoms with Crippen LogP contribution < -0.4 is 4.74 Å². The van der Waals surface area contributed by atoms with Crippen LogP contribution in [0.5, 0.6) is 5.75 Å². The smallest absolute Gasteiger partial charge is 0.119 e. The molecule has 0 fully saturated rings. The standard InChI is InChI=1S/C22H29ClO/c23-18-10-5-3-1-2-4-6-11-19-24-22-16-14-21(15-17-22)20-12-8-7-9-13-20/h7-9,12-17H,1-6,10-11,18-19H2. The first-order valence-electron chi connectivity index (χ1n) is 9.24. The van der Waals surface area contributed by atoms with Gasteiger partial charge in [0.05, 0.1) is 6.61 Å². The summed E-state index contributed by atoms with van der Waals surface area (Å²) in [5, 5.41) is 0. The molecule has 2 aromatic rings. The fraction of sp³-hybridized carbons (Fsp3) is 0.455. The molecule has 2 aromatic carbocycles. The first-order chi connectivity index (χ1) is 11.9. The van der Waals surface area contributed by atoms with Crippen LogP contribution in [0.1, 0.15) is 51.4 Å². The van der Waals surface area contributed by atoms with Crippen LogP contribution in [0.15, 0.2) is 54.6 Å². The molecule has 0 aliphatic carbocycles. The molecular weight excluding hydrogens is 316 g/mol. The highest BCUT2D eigenvalue weighted by molar-refractivity contribution is 6.17. The fourth-order valence-electron chi connectivity index (χ4n) is 2.82. The third kappa shape index (κ3) is 7.40. The molecule has 0 saturated carbocycles. The maximum absolute atomic E-state index is 5.84. The molecule has 0 saturated heterocycles. The van der Waals surface area contributed by atoms with E-state index in [1.165, 1.54) is 56.1 Å². The molecule has 2 heteroatoms. The molecule has 0 N–H and O–H groups in total. The van der Waals surface area contributed by atoms with Crippen LogP contribution in [0.25, 0.3) is 11.1 Å². The molecule has 0 aliphatic heterocycles. The number of unbranched alkanes of at least 4 members (excludes halogenated alkanes) is 7. The maximum atomic E-state index is 5.84. The Bertz CT molecular complexity index is 536. The maximum Gasteiger partial charge on any atom is 0.119 e. The number of hydrogen-bond acceptors (Lipinski definition) is 1. The zero-order valence-corrected chi connectivity index (χ0v) is 15.3. The topological polar surface area (TPSA) is 9.23 Å². The summed E-state index contributed by atoms with van der Waals surface area (Å²) in [5.41, 5.74) is 2.48. The third-order valence-corrected chi connectivity index (χ3v) is 4.53. The lowest BCUT2D eigenvalue weighted by molar-refractivity contribution is 0.304. The summed E-state index contributed by atoms with van der Waals surface area (Å²) < 4.78 is 5.84. The van der Waals surface area contributed by atoms with Crippen LogP contribution in [-0.4, -0.2) is 12.5 Å². The van der Waals surface area contributed by atoms with Gasteiger partial charge in [0.2, 0.25) is 0 Å². The van der Waals surface area contributed by atoms with Gasteiger partial charge in [0, 0.05) is 5.88 Å². The molecule has 0 heterocycles. The number of alkyl halides is 1. The van der Waals surface area contributed by atoms with Gasteiger partial charge < -0.3 is 4.74 Å². The van der Waals surface area contributed by atoms with Crippen LogP contribution in [0.4, 0.5) is 0 Å². The van der Waals surface area contributed by atoms with Crippen molar-refractivity contribution < 1.29 is 4.74 Å². The number of benzene rings is 2. The summed E-state index contributed by atoms with van der Waals surface area (Å²) in [5.74, 6) is 1.78. The first-order valence-corrected chi connectivity index (χ1v) is 9.78. The molecule has 0 radical (unpaired) electrons. The molecule has 0 aromatic heterocycles. The van der Waals surface area contributed by atoms with Crippen molar-refractivity contribution >= 4 is 11.6 Å². The second-order valence-electron chi connectivity index (χ2n) is 6.26. The van der Waals surface area contributed by atoms with E-state index in [0.717, 1.165) is 24.7 Å². The molecule has 0 atom stereocenters. The molecular formula is C22H29ClO. The first kappa shape index (κ1) is 18.9. The SMILES string of the molecule is ClCCCCCCCCCCOc1ccc(-c2ccccc2)cc1. The minimum atomic E-state index is 0.809. The monoisotopic (exact) mass is 344 g/mol. The molecule has 1 nitrogen and oxygen atoms in total. The summed E-state index contributed by atoms with van der Waals surface area (Å²) in [6.07, 6.45) is 10.2. The second-order valence-corrected chi connectivity index (χ2v) is 6.63. The molecule has 0 aliphatic rings. The predicted molar refractivity (Wildman–Crippen MR) is 105 cm³/mol. The Balaban J connectivity index is 1.55. The second kappa shape index (κ2) is 12.0. The molecule has 0 unspecified atom stereocenters. The van der Waals surface area contributed by atoms with Crippen molar-refractivity contribution in [2.24, 2.45) is 0 Å². The lowest BCUT2D eigenvalue weighted by Crippen LogP contribution is -1.97. The average molecular weight is 345 g/mol. The van der Waals surface area contributed by atoms with E-state index in [-0.39, 0.29) is 0 Å². The number of hydrogen-bond donors (Lipinski definition) is 0. The summed E-state index contributed by atoms with van der Waals surface area (Å²) in [7, 11) is 0. The van der Waals surface area contributed by atoms with E-state index in [2.05, 4.69) is 48.5 Å². The van der Waals surface area contributed by atoms with Crippen molar-refractivity contribution in [3.63, 3.8) is 0 Å². The van der Waals surface area contributed by atoms with E-state index in [0.29, 0.717) is 0 Å². The predicted octanol–water partition coefficient (Wildman–Crippen LogP) is 7.09. The number of ether oxygens (including phenoxy) is 1. The Labute approximate surface area is 152 Å². The van der Waals surface area contributed by atoms with Gasteiger partial charge in [-0.3, -0.25) is 0 Å². The number of halogens is 1. The summed E-state index contributed by atoms with van der Waals surface area (Å²) in [6.45, 7) is 0.816. The Morgan fingerprint density at radius 3 is 1.75 bits per heavy atom. The highest BCUT2D eigenvalue weighted by atomic mass is 35.5. The summed E-state index contributed by atoms with van der Waals surface area (Å²) in [4.78, 5) is 0. The largest absolute Gasteiger partial charge is 0.494 e. The van der Waals surface area contributed by atoms with E-state index in [1.54, 1.807) is 0 Å². The summed E-state index contributed by atoms with van der Waals surface area (Å²) >= 11 is 5.68. The third-order valence-electron chi connectivity index (χ3n) is 4.26. The van der Waals surface area contributed by atoms with Crippen LogP contribution >= 0.6 is 11.6 Å². The van der Waals surface area contributed by atoms with Gasteiger partial charge in [-0.05, 0) is 36.1 Å². The van der Waals surface area contributed by atoms with Crippen molar-refractivity contribution in [1.29, 1.82) is 0 Å². The van der Waals surface area contributed by atoms with E-state index in [4.69, 9.17) is 16.3 Å². The van der Waals surface area contributed by atoms with Gasteiger partial charge >= 0.3 is 0 Å². The van der Waals surface area contributed by atoms with E-state index in [1.807, 2.05) is 6.07 Å². The highest BCUT2D eigenvalue weighted by Gasteiger charge is 1.98. The average Bonchev–Trinajstić information content (AvgIpc) is 2.64. The minimum absolute atomic E-state index is 0.809. The zero-order valence-electron chi connectivity index (χ0n) is 14.6. The Hall–Kier alpha value is -1.47. The molecule has 24 heavy (non-hydrogen) atoms. The Morgan fingerprint density at radius 2 is 1.12 bits per heavy atom. The Morgan fingerprint density at radius 1 is 0.583 bits per heavy atom. The lowest BCUT2D eigenvalue weighted by Gasteiger charge is -2.07. The fourth-order valence-corrected chi connectivity index (χ4v) is 3.01. The van der Waals surface area contributed by atoms with Crippen LogP contribution in [-0.2, 0) is 0 Å².